The Morgan fingerprint density at radius 2 is 1.68 bits per heavy atom. The van der Waals surface area contributed by atoms with Gasteiger partial charge in [0.25, 0.3) is 27.5 Å². The molecule has 0 atom stereocenters. The lowest BCUT2D eigenvalue weighted by Gasteiger charge is -2.26. The highest BCUT2D eigenvalue weighted by atomic mass is 32.2. The summed E-state index contributed by atoms with van der Waals surface area (Å²) in [7, 11) is -4.18. The van der Waals surface area contributed by atoms with Gasteiger partial charge in [-0.3, -0.25) is 24.0 Å². The molecule has 0 aromatic heterocycles. The number of nitro benzene ring substituents is 1. The number of amides is 2. The van der Waals surface area contributed by atoms with Crippen LogP contribution in [0.2, 0.25) is 0 Å². The Morgan fingerprint density at radius 1 is 1.02 bits per heavy atom. The third kappa shape index (κ3) is 7.86. The average molecular weight is 582 g/mol. The number of non-ortho nitro benzene ring substituents is 1. The highest BCUT2D eigenvalue weighted by molar-refractivity contribution is 7.92. The van der Waals surface area contributed by atoms with E-state index in [9.17, 15) is 28.1 Å². The van der Waals surface area contributed by atoms with Gasteiger partial charge in [-0.05, 0) is 54.1 Å². The molecular formula is C27H27N5O8S. The molecule has 14 heteroatoms. The van der Waals surface area contributed by atoms with Gasteiger partial charge in [0.15, 0.2) is 6.61 Å². The van der Waals surface area contributed by atoms with Crippen molar-refractivity contribution in [2.75, 3.05) is 43.8 Å². The van der Waals surface area contributed by atoms with Crippen molar-refractivity contribution in [2.45, 2.75) is 4.90 Å². The van der Waals surface area contributed by atoms with Crippen LogP contribution < -0.4 is 14.5 Å². The zero-order chi connectivity index (χ0) is 29.2. The van der Waals surface area contributed by atoms with E-state index >= 15 is 0 Å². The van der Waals surface area contributed by atoms with Gasteiger partial charge >= 0.3 is 0 Å². The van der Waals surface area contributed by atoms with Crippen LogP contribution in [0.4, 0.5) is 11.4 Å². The number of sulfonamides is 1. The maximum Gasteiger partial charge on any atom is 0.269 e. The first kappa shape index (κ1) is 29.2. The topological polar surface area (TPSA) is 161 Å². The molecule has 1 fully saturated rings. The molecule has 0 saturated carbocycles. The fourth-order valence-electron chi connectivity index (χ4n) is 3.82. The number of carbonyl (C=O) groups excluding carboxylic acids is 2. The molecule has 0 spiro atoms. The van der Waals surface area contributed by atoms with Crippen LogP contribution in [0, 0.1) is 10.1 Å². The van der Waals surface area contributed by atoms with Crippen LogP contribution >= 0.6 is 0 Å². The Balaban J connectivity index is 1.37. The largest absolute Gasteiger partial charge is 0.484 e. The lowest BCUT2D eigenvalue weighted by molar-refractivity contribution is -0.384. The summed E-state index contributed by atoms with van der Waals surface area (Å²) in [4.78, 5) is 37.0. The molecule has 0 aliphatic carbocycles. The van der Waals surface area contributed by atoms with Crippen molar-refractivity contribution in [2.24, 2.45) is 5.10 Å². The van der Waals surface area contributed by atoms with Crippen LogP contribution in [0.25, 0.3) is 0 Å². The zero-order valence-electron chi connectivity index (χ0n) is 21.8. The van der Waals surface area contributed by atoms with Crippen LogP contribution in [-0.2, 0) is 24.3 Å². The number of carbonyl (C=O) groups is 2. The van der Waals surface area contributed by atoms with Gasteiger partial charge in [0, 0.05) is 25.2 Å². The van der Waals surface area contributed by atoms with E-state index in [1.807, 2.05) is 0 Å². The second-order valence-electron chi connectivity index (χ2n) is 8.74. The third-order valence-corrected chi connectivity index (χ3v) is 7.76. The second-order valence-corrected chi connectivity index (χ2v) is 10.6. The molecule has 0 radical (unpaired) electrons. The summed E-state index contributed by atoms with van der Waals surface area (Å²) in [6, 6.07) is 19.0. The van der Waals surface area contributed by atoms with Crippen LogP contribution in [0.15, 0.2) is 88.9 Å². The summed E-state index contributed by atoms with van der Waals surface area (Å²) in [5, 5.41) is 14.9. The number of hydrogen-bond donors (Lipinski definition) is 1. The highest BCUT2D eigenvalue weighted by Gasteiger charge is 2.27. The lowest BCUT2D eigenvalue weighted by atomic mass is 10.2. The van der Waals surface area contributed by atoms with E-state index in [-0.39, 0.29) is 28.8 Å². The number of hydrogen-bond acceptors (Lipinski definition) is 9. The first-order valence-corrected chi connectivity index (χ1v) is 13.9. The Kier molecular flexibility index (Phi) is 9.60. The fraction of sp³-hybridized carbons (Fsp3) is 0.222. The van der Waals surface area contributed by atoms with E-state index in [4.69, 9.17) is 9.47 Å². The summed E-state index contributed by atoms with van der Waals surface area (Å²) < 4.78 is 38.3. The zero-order valence-corrected chi connectivity index (χ0v) is 22.6. The molecular weight excluding hydrogens is 554 g/mol. The maximum absolute atomic E-state index is 13.3. The summed E-state index contributed by atoms with van der Waals surface area (Å²) in [5.74, 6) is -0.378. The Morgan fingerprint density at radius 3 is 2.32 bits per heavy atom. The smallest absolute Gasteiger partial charge is 0.269 e. The SMILES string of the molecule is O=C(CN(c1ccc([N+](=O)[O-])cc1)S(=O)(=O)c1ccccc1)N/N=C\c1ccc(OCC(=O)N2CCOCC2)cc1. The van der Waals surface area contributed by atoms with Crippen molar-refractivity contribution in [1.82, 2.24) is 10.3 Å². The molecule has 1 aliphatic rings. The van der Waals surface area contributed by atoms with Crippen molar-refractivity contribution in [3.05, 3.63) is 94.5 Å². The molecule has 1 heterocycles. The number of nitrogens with one attached hydrogen (secondary N) is 1. The van der Waals surface area contributed by atoms with E-state index in [1.54, 1.807) is 47.4 Å². The summed E-state index contributed by atoms with van der Waals surface area (Å²) >= 11 is 0. The minimum absolute atomic E-state index is 0.0522. The highest BCUT2D eigenvalue weighted by Crippen LogP contribution is 2.25. The molecule has 41 heavy (non-hydrogen) atoms. The van der Waals surface area contributed by atoms with Crippen LogP contribution in [0.1, 0.15) is 5.56 Å². The van der Waals surface area contributed by atoms with Gasteiger partial charge in [0.2, 0.25) is 0 Å². The maximum atomic E-state index is 13.3. The van der Waals surface area contributed by atoms with Crippen LogP contribution in [0.3, 0.4) is 0 Å². The van der Waals surface area contributed by atoms with E-state index < -0.39 is 27.4 Å². The van der Waals surface area contributed by atoms with Gasteiger partial charge in [-0.2, -0.15) is 5.10 Å². The van der Waals surface area contributed by atoms with E-state index in [1.165, 1.54) is 30.5 Å². The number of morpholine rings is 1. The molecule has 1 N–H and O–H groups in total. The van der Waals surface area contributed by atoms with E-state index in [0.29, 0.717) is 37.6 Å². The molecule has 3 aromatic rings. The van der Waals surface area contributed by atoms with Crippen molar-refractivity contribution < 1.29 is 32.4 Å². The Hall–Kier alpha value is -4.82. The monoisotopic (exact) mass is 581 g/mol. The molecule has 2 amide bonds. The van der Waals surface area contributed by atoms with Gasteiger partial charge in [0.05, 0.1) is 34.9 Å². The lowest BCUT2D eigenvalue weighted by Crippen LogP contribution is -2.42. The van der Waals surface area contributed by atoms with Gasteiger partial charge < -0.3 is 14.4 Å². The number of ether oxygens (including phenoxy) is 2. The van der Waals surface area contributed by atoms with E-state index in [2.05, 4.69) is 10.5 Å². The van der Waals surface area contributed by atoms with Gasteiger partial charge in [0.1, 0.15) is 12.3 Å². The summed E-state index contributed by atoms with van der Waals surface area (Å²) in [6.07, 6.45) is 1.36. The molecule has 214 valence electrons. The van der Waals surface area contributed by atoms with Gasteiger partial charge in [-0.15, -0.1) is 0 Å². The fourth-order valence-corrected chi connectivity index (χ4v) is 5.26. The van der Waals surface area contributed by atoms with Crippen LogP contribution in [-0.4, -0.2) is 75.7 Å². The van der Waals surface area contributed by atoms with Crippen molar-refractivity contribution in [1.29, 1.82) is 0 Å². The molecule has 3 aromatic carbocycles. The van der Waals surface area contributed by atoms with Crippen molar-refractivity contribution in [3.63, 3.8) is 0 Å². The minimum Gasteiger partial charge on any atom is -0.484 e. The number of nitrogens with zero attached hydrogens (tertiary/aromatic N) is 4. The number of hydrazone groups is 1. The van der Waals surface area contributed by atoms with E-state index in [0.717, 1.165) is 16.4 Å². The molecule has 1 aliphatic heterocycles. The predicted octanol–water partition coefficient (Wildman–Crippen LogP) is 2.18. The number of nitro groups is 1. The average Bonchev–Trinajstić information content (AvgIpc) is 3.00. The number of rotatable bonds is 11. The normalized spacial score (nSPS) is 13.5. The molecule has 0 bridgehead atoms. The van der Waals surface area contributed by atoms with Gasteiger partial charge in [-0.1, -0.05) is 18.2 Å². The molecule has 1 saturated heterocycles. The molecule has 13 nitrogen and oxygen atoms in total. The molecule has 0 unspecified atom stereocenters. The molecule has 4 rings (SSSR count). The van der Waals surface area contributed by atoms with Crippen LogP contribution in [0.5, 0.6) is 5.75 Å². The third-order valence-electron chi connectivity index (χ3n) is 5.98. The minimum atomic E-state index is -4.18. The predicted molar refractivity (Wildman–Crippen MR) is 149 cm³/mol. The Bertz CT molecular complexity index is 1490. The second kappa shape index (κ2) is 13.5. The first-order chi connectivity index (χ1) is 19.7. The number of benzene rings is 3. The van der Waals surface area contributed by atoms with Crippen molar-refractivity contribution >= 4 is 39.4 Å². The Labute approximate surface area is 236 Å². The first-order valence-electron chi connectivity index (χ1n) is 12.5. The summed E-state index contributed by atoms with van der Waals surface area (Å²) in [6.45, 7) is 1.36. The standard InChI is InChI=1S/C27H27N5O8S/c33-26(29-28-18-21-6-12-24(13-7-21)40-20-27(34)30-14-16-39-17-15-30)19-31(22-8-10-23(11-9-22)32(35)36)41(37,38)25-4-2-1-3-5-25/h1-13,18H,14-17,19-20H2,(H,29,33)/b28-18-. The van der Waals surface area contributed by atoms with Crippen molar-refractivity contribution in [3.8, 4) is 5.75 Å². The van der Waals surface area contributed by atoms with Gasteiger partial charge in [-0.25, -0.2) is 13.8 Å². The quantitative estimate of drug-likeness (QED) is 0.205. The summed E-state index contributed by atoms with van der Waals surface area (Å²) in [5.41, 5.74) is 2.76. The number of anilines is 1.